The molecule has 0 saturated carbocycles. The maximum absolute atomic E-state index is 10.6. The summed E-state index contributed by atoms with van der Waals surface area (Å²) in [6, 6.07) is 3.04. The molecule has 0 amide bonds. The Kier molecular flexibility index (Phi) is 3.04. The number of halogens is 2. The van der Waals surface area contributed by atoms with E-state index in [1.165, 1.54) is 6.07 Å². The van der Waals surface area contributed by atoms with Crippen LogP contribution in [0.2, 0.25) is 5.02 Å². The largest absolute Gasteiger partial charge is 0.478 e. The first-order chi connectivity index (χ1) is 5.52. The lowest BCUT2D eigenvalue weighted by Crippen LogP contribution is -1.97. The topological polar surface area (TPSA) is 37.3 Å². The molecule has 1 rings (SSSR count). The molecule has 1 N–H and O–H groups in total. The minimum Gasteiger partial charge on any atom is -0.478 e. The summed E-state index contributed by atoms with van der Waals surface area (Å²) in [5, 5.41) is 8.87. The predicted molar refractivity (Wildman–Crippen MR) is 53.4 cm³/mol. The zero-order valence-corrected chi connectivity index (χ0v) is 8.95. The Labute approximate surface area is 88.1 Å². The third kappa shape index (κ3) is 1.94. The number of thiol groups is 1. The van der Waals surface area contributed by atoms with Gasteiger partial charge in [0.2, 0.25) is 0 Å². The number of rotatable bonds is 1. The van der Waals surface area contributed by atoms with Crippen molar-refractivity contribution in [1.82, 2.24) is 0 Å². The Morgan fingerprint density at radius 1 is 1.58 bits per heavy atom. The summed E-state index contributed by atoms with van der Waals surface area (Å²) in [6.45, 7) is 0. The molecule has 0 saturated heterocycles. The van der Waals surface area contributed by atoms with Gasteiger partial charge in [-0.3, -0.25) is 0 Å². The number of carboxylic acid groups (broad SMARTS) is 1. The van der Waals surface area contributed by atoms with Crippen LogP contribution >= 0.6 is 40.2 Å². The maximum atomic E-state index is 10.6. The van der Waals surface area contributed by atoms with Gasteiger partial charge < -0.3 is 5.11 Å². The average Bonchev–Trinajstić information content (AvgIpc) is 1.96. The van der Waals surface area contributed by atoms with Gasteiger partial charge in [0, 0.05) is 9.37 Å². The molecule has 0 aliphatic rings. The molecule has 0 aromatic heterocycles. The highest BCUT2D eigenvalue weighted by atomic mass is 79.9. The Hall–Kier alpha value is -0.190. The third-order valence-corrected chi connectivity index (χ3v) is 2.76. The van der Waals surface area contributed by atoms with Crippen molar-refractivity contribution >= 4 is 46.1 Å². The summed E-state index contributed by atoms with van der Waals surface area (Å²) < 4.78 is 0.536. The molecule has 2 nitrogen and oxygen atoms in total. The summed E-state index contributed by atoms with van der Waals surface area (Å²) in [7, 11) is 0. The highest BCUT2D eigenvalue weighted by molar-refractivity contribution is 9.10. The van der Waals surface area contributed by atoms with Crippen LogP contribution in [0.15, 0.2) is 21.5 Å². The fourth-order valence-electron chi connectivity index (χ4n) is 0.730. The minimum absolute atomic E-state index is 0.0519. The molecule has 5 heteroatoms. The van der Waals surface area contributed by atoms with Gasteiger partial charge in [-0.05, 0) is 28.1 Å². The molecule has 0 atom stereocenters. The number of hydrogen-bond donors (Lipinski definition) is 2. The van der Waals surface area contributed by atoms with Gasteiger partial charge in [0.15, 0.2) is 0 Å². The van der Waals surface area contributed by atoms with Crippen LogP contribution in [0.5, 0.6) is 0 Å². The van der Waals surface area contributed by atoms with E-state index in [0.29, 0.717) is 9.37 Å². The van der Waals surface area contributed by atoms with Crippen LogP contribution in [0.1, 0.15) is 10.4 Å². The molecule has 64 valence electrons. The summed E-state index contributed by atoms with van der Waals surface area (Å²) in [6.07, 6.45) is 0. The fraction of sp³-hybridized carbons (Fsp3) is 0. The first kappa shape index (κ1) is 9.89. The summed E-state index contributed by atoms with van der Waals surface area (Å²) in [4.78, 5) is 11.1. The highest BCUT2D eigenvalue weighted by Gasteiger charge is 2.11. The lowest BCUT2D eigenvalue weighted by atomic mass is 10.2. The zero-order chi connectivity index (χ0) is 9.30. The van der Waals surface area contributed by atoms with Gasteiger partial charge in [-0.2, -0.15) is 0 Å². The van der Waals surface area contributed by atoms with Crippen molar-refractivity contribution in [3.05, 3.63) is 27.2 Å². The summed E-state index contributed by atoms with van der Waals surface area (Å²) in [5.74, 6) is -1.06. The van der Waals surface area contributed by atoms with E-state index in [4.69, 9.17) is 16.7 Å². The molecule has 12 heavy (non-hydrogen) atoms. The van der Waals surface area contributed by atoms with E-state index in [1.54, 1.807) is 6.07 Å². The first-order valence-electron chi connectivity index (χ1n) is 2.93. The van der Waals surface area contributed by atoms with Crippen LogP contribution < -0.4 is 0 Å². The van der Waals surface area contributed by atoms with Gasteiger partial charge in [-0.1, -0.05) is 11.6 Å². The molecule has 1 aromatic rings. The molecule has 0 aliphatic carbocycles. The van der Waals surface area contributed by atoms with E-state index in [-0.39, 0.29) is 10.6 Å². The Bertz CT molecular complexity index is 340. The van der Waals surface area contributed by atoms with Crippen LogP contribution in [0.25, 0.3) is 0 Å². The highest BCUT2D eigenvalue weighted by Crippen LogP contribution is 2.29. The molecule has 0 aliphatic heterocycles. The lowest BCUT2D eigenvalue weighted by molar-refractivity contribution is 0.0696. The van der Waals surface area contributed by atoms with E-state index in [1.807, 2.05) is 0 Å². The number of benzene rings is 1. The zero-order valence-electron chi connectivity index (χ0n) is 5.71. The number of aromatic carboxylic acids is 1. The van der Waals surface area contributed by atoms with Crippen molar-refractivity contribution in [2.24, 2.45) is 0 Å². The number of hydrogen-bond acceptors (Lipinski definition) is 2. The van der Waals surface area contributed by atoms with Crippen LogP contribution in [0, 0.1) is 0 Å². The van der Waals surface area contributed by atoms with Gasteiger partial charge in [0.1, 0.15) is 0 Å². The van der Waals surface area contributed by atoms with Gasteiger partial charge >= 0.3 is 5.97 Å². The molecule has 0 spiro atoms. The van der Waals surface area contributed by atoms with Gasteiger partial charge in [-0.25, -0.2) is 4.79 Å². The first-order valence-corrected chi connectivity index (χ1v) is 4.55. The summed E-state index contributed by atoms with van der Waals surface area (Å²) in [5.41, 5.74) is 0.0519. The molecular formula is C7H4BrClO2S. The Balaban J connectivity index is 3.37. The Morgan fingerprint density at radius 3 is 2.67 bits per heavy atom. The van der Waals surface area contributed by atoms with E-state index >= 15 is 0 Å². The third-order valence-electron chi connectivity index (χ3n) is 1.24. The molecule has 0 radical (unpaired) electrons. The van der Waals surface area contributed by atoms with E-state index in [2.05, 4.69) is 28.6 Å². The molecular weight excluding hydrogens is 263 g/mol. The van der Waals surface area contributed by atoms with Crippen LogP contribution in [-0.2, 0) is 0 Å². The van der Waals surface area contributed by atoms with Gasteiger partial charge in [0.05, 0.1) is 10.6 Å². The van der Waals surface area contributed by atoms with Gasteiger partial charge in [-0.15, -0.1) is 12.6 Å². The predicted octanol–water partition coefficient (Wildman–Crippen LogP) is 3.09. The van der Waals surface area contributed by atoms with Crippen LogP contribution in [-0.4, -0.2) is 11.1 Å². The second-order valence-corrected chi connectivity index (χ2v) is 3.84. The Morgan fingerprint density at radius 2 is 2.17 bits per heavy atom. The molecule has 0 bridgehead atoms. The normalized spacial score (nSPS) is 9.92. The quantitative estimate of drug-likeness (QED) is 0.767. The van der Waals surface area contributed by atoms with E-state index in [9.17, 15) is 4.79 Å². The van der Waals surface area contributed by atoms with Crippen molar-refractivity contribution in [1.29, 1.82) is 0 Å². The molecule has 0 heterocycles. The van der Waals surface area contributed by atoms with Crippen LogP contribution in [0.3, 0.4) is 0 Å². The maximum Gasteiger partial charge on any atom is 0.337 e. The number of carbonyl (C=O) groups is 1. The van der Waals surface area contributed by atoms with Crippen molar-refractivity contribution in [2.45, 2.75) is 4.90 Å². The molecule has 1 aromatic carbocycles. The smallest absolute Gasteiger partial charge is 0.337 e. The average molecular weight is 268 g/mol. The van der Waals surface area contributed by atoms with Gasteiger partial charge in [0.25, 0.3) is 0 Å². The van der Waals surface area contributed by atoms with Crippen molar-refractivity contribution < 1.29 is 9.90 Å². The van der Waals surface area contributed by atoms with Crippen LogP contribution in [0.4, 0.5) is 0 Å². The minimum atomic E-state index is -1.06. The summed E-state index contributed by atoms with van der Waals surface area (Å²) >= 11 is 12.8. The number of carboxylic acids is 1. The fourth-order valence-corrected chi connectivity index (χ4v) is 1.82. The molecule has 0 fully saturated rings. The van der Waals surface area contributed by atoms with Crippen molar-refractivity contribution in [3.63, 3.8) is 0 Å². The second-order valence-electron chi connectivity index (χ2n) is 2.09. The SMILES string of the molecule is O=C(O)c1cc(S)cc(Br)c1Cl. The molecule has 0 unspecified atom stereocenters. The monoisotopic (exact) mass is 266 g/mol. The second kappa shape index (κ2) is 3.68. The van der Waals surface area contributed by atoms with Crippen molar-refractivity contribution in [2.75, 3.05) is 0 Å². The van der Waals surface area contributed by atoms with E-state index in [0.717, 1.165) is 0 Å². The lowest BCUT2D eigenvalue weighted by Gasteiger charge is -2.01. The van der Waals surface area contributed by atoms with Crippen molar-refractivity contribution in [3.8, 4) is 0 Å². The standard InChI is InChI=1S/C7H4BrClO2S/c8-5-2-3(12)1-4(6(5)9)7(10)11/h1-2,12H,(H,10,11). The van der Waals surface area contributed by atoms with E-state index < -0.39 is 5.97 Å².